The van der Waals surface area contributed by atoms with Gasteiger partial charge in [0.05, 0.1) is 19.0 Å². The summed E-state index contributed by atoms with van der Waals surface area (Å²) in [6.45, 7) is -1.58. The van der Waals surface area contributed by atoms with Gasteiger partial charge in [0.15, 0.2) is 11.5 Å². The predicted molar refractivity (Wildman–Crippen MR) is 145 cm³/mol. The van der Waals surface area contributed by atoms with E-state index in [2.05, 4.69) is 25.3 Å². The van der Waals surface area contributed by atoms with Gasteiger partial charge in [0.1, 0.15) is 17.4 Å². The lowest BCUT2D eigenvalue weighted by Gasteiger charge is -2.18. The highest BCUT2D eigenvalue weighted by atomic mass is 35.5. The maximum absolute atomic E-state index is 14.5. The number of aromatic nitrogens is 3. The summed E-state index contributed by atoms with van der Waals surface area (Å²) < 4.78 is 86.7. The van der Waals surface area contributed by atoms with E-state index in [1.165, 1.54) is 6.07 Å². The van der Waals surface area contributed by atoms with Gasteiger partial charge >= 0.3 is 18.1 Å². The number of carboxylic acids is 1. The molecule has 0 aliphatic heterocycles. The standard InChI is InChI=1S/C22H23ClF2N6O5S.C2HF3O2/c1-37(35,36)30-10-15-6-3-2-5-14(15)9-27-18(33)12-31-17(23)11-28-20(21(31)34)29-13-22(24,25)19-16(32)7-4-8-26-19;3-2(4,5)1(6)7/h2-8,11,30,32H,9-10,12-13H2,1H3,(H,27,33)(H,28,29);(H,6,7). The number of anilines is 1. The summed E-state index contributed by atoms with van der Waals surface area (Å²) in [7, 11) is -3.42. The van der Waals surface area contributed by atoms with Gasteiger partial charge in [-0.2, -0.15) is 22.0 Å². The molecule has 0 unspecified atom stereocenters. The van der Waals surface area contributed by atoms with Crippen molar-refractivity contribution in [1.29, 1.82) is 0 Å². The number of alkyl halides is 5. The molecule has 0 spiro atoms. The minimum atomic E-state index is -5.08. The number of pyridine rings is 1. The second-order valence-electron chi connectivity index (χ2n) is 8.69. The third-order valence-electron chi connectivity index (χ3n) is 5.28. The summed E-state index contributed by atoms with van der Waals surface area (Å²) in [5.41, 5.74) is -0.508. The molecule has 240 valence electrons. The average Bonchev–Trinajstić information content (AvgIpc) is 2.92. The molecule has 44 heavy (non-hydrogen) atoms. The van der Waals surface area contributed by atoms with E-state index in [0.717, 1.165) is 29.3 Å². The number of hydrogen-bond donors (Lipinski definition) is 5. The number of aliphatic carboxylic acids is 1. The number of rotatable bonds is 11. The van der Waals surface area contributed by atoms with Crippen molar-refractivity contribution in [3.63, 3.8) is 0 Å². The van der Waals surface area contributed by atoms with E-state index in [-0.39, 0.29) is 18.2 Å². The van der Waals surface area contributed by atoms with Crippen molar-refractivity contribution in [3.05, 3.63) is 81.1 Å². The maximum atomic E-state index is 14.5. The predicted octanol–water partition coefficient (Wildman–Crippen LogP) is 2.20. The Bertz CT molecular complexity index is 1650. The van der Waals surface area contributed by atoms with Gasteiger partial charge in [-0.25, -0.2) is 22.9 Å². The number of halogens is 6. The number of nitrogens with zero attached hydrogens (tertiary/aromatic N) is 3. The Hall–Kier alpha value is -4.36. The molecule has 5 N–H and O–H groups in total. The Morgan fingerprint density at radius 1 is 1.02 bits per heavy atom. The molecule has 3 aromatic rings. The summed E-state index contributed by atoms with van der Waals surface area (Å²) in [6, 6.07) is 9.18. The Labute approximate surface area is 250 Å². The second-order valence-corrected chi connectivity index (χ2v) is 10.9. The van der Waals surface area contributed by atoms with Crippen molar-refractivity contribution in [1.82, 2.24) is 24.6 Å². The van der Waals surface area contributed by atoms with E-state index in [1.54, 1.807) is 24.3 Å². The largest absolute Gasteiger partial charge is 0.506 e. The molecule has 0 saturated heterocycles. The molecule has 13 nitrogen and oxygen atoms in total. The molecular weight excluding hydrogens is 647 g/mol. The van der Waals surface area contributed by atoms with Crippen LogP contribution in [0.3, 0.4) is 0 Å². The quantitative estimate of drug-likeness (QED) is 0.189. The zero-order valence-electron chi connectivity index (χ0n) is 22.4. The first-order valence-corrected chi connectivity index (χ1v) is 14.2. The van der Waals surface area contributed by atoms with Crippen molar-refractivity contribution < 1.29 is 50.2 Å². The van der Waals surface area contributed by atoms with Crippen LogP contribution in [-0.4, -0.2) is 64.0 Å². The van der Waals surface area contributed by atoms with Gasteiger partial charge in [0.25, 0.3) is 5.56 Å². The topological polar surface area (TPSA) is 193 Å². The number of benzene rings is 1. The highest BCUT2D eigenvalue weighted by molar-refractivity contribution is 7.88. The smallest absolute Gasteiger partial charge is 0.490 e. The average molecular weight is 671 g/mol. The summed E-state index contributed by atoms with van der Waals surface area (Å²) in [6.07, 6.45) is -1.93. The molecular formula is C24H24ClF5N6O7S. The summed E-state index contributed by atoms with van der Waals surface area (Å²) in [4.78, 5) is 41.4. The van der Waals surface area contributed by atoms with Crippen molar-refractivity contribution in [2.75, 3.05) is 18.1 Å². The van der Waals surface area contributed by atoms with E-state index in [1.807, 2.05) is 0 Å². The molecule has 0 saturated carbocycles. The number of hydrogen-bond acceptors (Lipinski definition) is 9. The van der Waals surface area contributed by atoms with Crippen LogP contribution < -0.4 is 20.9 Å². The van der Waals surface area contributed by atoms with Crippen molar-refractivity contribution >= 4 is 39.3 Å². The number of carbonyl (C=O) groups excluding carboxylic acids is 1. The lowest BCUT2D eigenvalue weighted by Crippen LogP contribution is -2.35. The second kappa shape index (κ2) is 14.9. The first kappa shape index (κ1) is 35.8. The van der Waals surface area contributed by atoms with Gasteiger partial charge < -0.3 is 20.8 Å². The maximum Gasteiger partial charge on any atom is 0.490 e. The SMILES string of the molecule is CS(=O)(=O)NCc1ccccc1CNC(=O)Cn1c(Cl)cnc(NCC(F)(F)c2ncccc2O)c1=O.O=C(O)C(F)(F)F. The molecule has 3 rings (SSSR count). The zero-order chi connectivity index (χ0) is 33.3. The van der Waals surface area contributed by atoms with Gasteiger partial charge in [0, 0.05) is 19.3 Å². The van der Waals surface area contributed by atoms with Crippen LogP contribution in [0.25, 0.3) is 0 Å². The van der Waals surface area contributed by atoms with Crippen LogP contribution in [0.2, 0.25) is 5.15 Å². The zero-order valence-corrected chi connectivity index (χ0v) is 24.0. The van der Waals surface area contributed by atoms with E-state index in [4.69, 9.17) is 21.5 Å². The van der Waals surface area contributed by atoms with Gasteiger partial charge in [0.2, 0.25) is 15.9 Å². The van der Waals surface area contributed by atoms with Crippen molar-refractivity contribution in [3.8, 4) is 5.75 Å². The fourth-order valence-electron chi connectivity index (χ4n) is 3.20. The molecule has 20 heteroatoms. The summed E-state index contributed by atoms with van der Waals surface area (Å²) in [5, 5.41) is 21.4. The van der Waals surface area contributed by atoms with Gasteiger partial charge in [-0.05, 0) is 23.3 Å². The summed E-state index contributed by atoms with van der Waals surface area (Å²) >= 11 is 6.01. The molecule has 0 bridgehead atoms. The Kier molecular flexibility index (Phi) is 12.1. The van der Waals surface area contributed by atoms with Crippen LogP contribution in [0.4, 0.5) is 27.8 Å². The van der Waals surface area contributed by atoms with Crippen LogP contribution in [0.5, 0.6) is 5.75 Å². The number of nitrogens with one attached hydrogen (secondary N) is 3. The number of amides is 1. The van der Waals surface area contributed by atoms with Gasteiger partial charge in [-0.1, -0.05) is 35.9 Å². The molecule has 0 aliphatic carbocycles. The third kappa shape index (κ3) is 11.0. The molecule has 1 amide bonds. The van der Waals surface area contributed by atoms with Gasteiger partial charge in [-0.15, -0.1) is 0 Å². The minimum absolute atomic E-state index is 0.0243. The lowest BCUT2D eigenvalue weighted by atomic mass is 10.1. The van der Waals surface area contributed by atoms with Crippen molar-refractivity contribution in [2.45, 2.75) is 31.7 Å². The monoisotopic (exact) mass is 670 g/mol. The van der Waals surface area contributed by atoms with E-state index in [9.17, 15) is 45.1 Å². The van der Waals surface area contributed by atoms with Crippen LogP contribution in [-0.2, 0) is 45.2 Å². The number of aromatic hydroxyl groups is 1. The first-order chi connectivity index (χ1) is 20.3. The Morgan fingerprint density at radius 3 is 2.16 bits per heavy atom. The molecule has 0 fully saturated rings. The molecule has 1 aromatic carbocycles. The molecule has 0 radical (unpaired) electrons. The molecule has 2 heterocycles. The molecule has 2 aromatic heterocycles. The number of sulfonamides is 1. The fourth-order valence-corrected chi connectivity index (χ4v) is 3.80. The normalized spacial score (nSPS) is 11.7. The highest BCUT2D eigenvalue weighted by Crippen LogP contribution is 2.32. The fraction of sp³-hybridized carbons (Fsp3) is 0.292. The van der Waals surface area contributed by atoms with E-state index < -0.39 is 69.9 Å². The number of carbonyl (C=O) groups is 2. The third-order valence-corrected chi connectivity index (χ3v) is 6.25. The minimum Gasteiger partial charge on any atom is -0.506 e. The van der Waals surface area contributed by atoms with Crippen LogP contribution >= 0.6 is 11.6 Å². The first-order valence-electron chi connectivity index (χ1n) is 11.9. The molecule has 0 aliphatic rings. The lowest BCUT2D eigenvalue weighted by molar-refractivity contribution is -0.192. The van der Waals surface area contributed by atoms with Crippen molar-refractivity contribution in [2.24, 2.45) is 0 Å². The van der Waals surface area contributed by atoms with E-state index in [0.29, 0.717) is 11.1 Å². The van der Waals surface area contributed by atoms with Crippen LogP contribution in [0.15, 0.2) is 53.6 Å². The Balaban J connectivity index is 0.000000860. The summed E-state index contributed by atoms with van der Waals surface area (Å²) in [5.74, 6) is -8.20. The van der Waals surface area contributed by atoms with E-state index >= 15 is 0 Å². The molecule has 0 atom stereocenters. The van der Waals surface area contributed by atoms with Gasteiger partial charge in [-0.3, -0.25) is 19.1 Å². The van der Waals surface area contributed by atoms with Crippen LogP contribution in [0.1, 0.15) is 16.8 Å². The Morgan fingerprint density at radius 2 is 1.61 bits per heavy atom. The number of carboxylic acid groups (broad SMARTS) is 1. The van der Waals surface area contributed by atoms with Crippen LogP contribution in [0, 0.1) is 0 Å². The highest BCUT2D eigenvalue weighted by Gasteiger charge is 2.38.